The van der Waals surface area contributed by atoms with Gasteiger partial charge in [-0.25, -0.2) is 9.97 Å². The third-order valence-corrected chi connectivity index (χ3v) is 10.8. The van der Waals surface area contributed by atoms with Crippen molar-refractivity contribution >= 4 is 28.8 Å². The van der Waals surface area contributed by atoms with Gasteiger partial charge in [0.1, 0.15) is 5.82 Å². The zero-order valence-corrected chi connectivity index (χ0v) is 19.0. The van der Waals surface area contributed by atoms with E-state index in [0.29, 0.717) is 0 Å². The highest BCUT2D eigenvalue weighted by Gasteiger charge is 2.41. The summed E-state index contributed by atoms with van der Waals surface area (Å²) in [5, 5.41) is 5.49. The van der Waals surface area contributed by atoms with Crippen LogP contribution in [0.25, 0.3) is 11.3 Å². The molecule has 0 aliphatic rings. The molecule has 0 bridgehead atoms. The van der Waals surface area contributed by atoms with E-state index in [4.69, 9.17) is 0 Å². The molecular weight excluding hydrogens is 404 g/mol. The van der Waals surface area contributed by atoms with Crippen molar-refractivity contribution in [2.45, 2.75) is 6.92 Å². The van der Waals surface area contributed by atoms with Crippen LogP contribution in [0.2, 0.25) is 0 Å². The van der Waals surface area contributed by atoms with E-state index in [1.54, 1.807) is 0 Å². The first-order valence-electron chi connectivity index (χ1n) is 10.9. The molecule has 0 N–H and O–H groups in total. The first-order chi connectivity index (χ1) is 15.8. The van der Waals surface area contributed by atoms with E-state index in [0.717, 1.165) is 17.1 Å². The average molecular weight is 429 g/mol. The van der Waals surface area contributed by atoms with E-state index in [9.17, 15) is 0 Å². The van der Waals surface area contributed by atoms with E-state index in [-0.39, 0.29) is 0 Å². The van der Waals surface area contributed by atoms with Crippen LogP contribution in [0.3, 0.4) is 0 Å². The Bertz CT molecular complexity index is 1210. The topological polar surface area (TPSA) is 25.8 Å². The number of aromatic nitrogens is 2. The summed E-state index contributed by atoms with van der Waals surface area (Å²) in [6.07, 6.45) is 1.82. The molecular formula is C29H24N2Si. The summed E-state index contributed by atoms with van der Waals surface area (Å²) in [5.74, 6) is 0.785. The fraction of sp³-hybridized carbons (Fsp3) is 0.0345. The molecule has 0 amide bonds. The molecule has 0 spiro atoms. The van der Waals surface area contributed by atoms with Gasteiger partial charge in [0.25, 0.3) is 0 Å². The molecule has 0 saturated carbocycles. The molecule has 0 aliphatic carbocycles. The molecule has 154 valence electrons. The Balaban J connectivity index is 1.77. The maximum atomic E-state index is 4.61. The number of nitrogens with zero attached hydrogens (tertiary/aromatic N) is 2. The number of hydrogen-bond donors (Lipinski definition) is 0. The lowest BCUT2D eigenvalue weighted by Gasteiger charge is -2.34. The SMILES string of the molecule is Cc1nccc(-c2ccc([Si](c3ccccc3)(c3ccccc3)c3ccccc3)cc2)n1. The van der Waals surface area contributed by atoms with Gasteiger partial charge in [-0.05, 0) is 33.7 Å². The van der Waals surface area contributed by atoms with Crippen molar-refractivity contribution in [3.63, 3.8) is 0 Å². The molecule has 0 aliphatic heterocycles. The molecule has 0 fully saturated rings. The standard InChI is InChI=1S/C29H24N2Si/c1-23-30-22-21-29(31-23)24-17-19-28(20-18-24)32(25-11-5-2-6-12-25,26-13-7-3-8-14-26)27-15-9-4-10-16-27/h2-22H,1H3. The van der Waals surface area contributed by atoms with Crippen LogP contribution in [0.4, 0.5) is 0 Å². The Morgan fingerprint density at radius 1 is 0.500 bits per heavy atom. The number of hydrogen-bond acceptors (Lipinski definition) is 2. The lowest BCUT2D eigenvalue weighted by Crippen LogP contribution is -2.74. The number of rotatable bonds is 5. The van der Waals surface area contributed by atoms with E-state index in [2.05, 4.69) is 125 Å². The molecule has 0 unspecified atom stereocenters. The first-order valence-corrected chi connectivity index (χ1v) is 12.9. The summed E-state index contributed by atoms with van der Waals surface area (Å²) in [6, 6.07) is 43.9. The van der Waals surface area contributed by atoms with Gasteiger partial charge < -0.3 is 0 Å². The largest absolute Gasteiger partial charge is 0.242 e. The molecule has 0 radical (unpaired) electrons. The van der Waals surface area contributed by atoms with Gasteiger partial charge in [0, 0.05) is 11.8 Å². The summed E-state index contributed by atoms with van der Waals surface area (Å²) in [7, 11) is -2.47. The van der Waals surface area contributed by atoms with Crippen LogP contribution in [-0.2, 0) is 0 Å². The summed E-state index contributed by atoms with van der Waals surface area (Å²) >= 11 is 0. The van der Waals surface area contributed by atoms with Gasteiger partial charge in [-0.2, -0.15) is 0 Å². The van der Waals surface area contributed by atoms with Crippen LogP contribution >= 0.6 is 0 Å². The van der Waals surface area contributed by atoms with Crippen LogP contribution in [0.5, 0.6) is 0 Å². The van der Waals surface area contributed by atoms with E-state index in [1.165, 1.54) is 20.7 Å². The van der Waals surface area contributed by atoms with Crippen LogP contribution in [0, 0.1) is 6.92 Å². The molecule has 0 atom stereocenters. The molecule has 2 nitrogen and oxygen atoms in total. The molecule has 3 heteroatoms. The van der Waals surface area contributed by atoms with Crippen molar-refractivity contribution < 1.29 is 0 Å². The monoisotopic (exact) mass is 428 g/mol. The quantitative estimate of drug-likeness (QED) is 0.314. The van der Waals surface area contributed by atoms with Crippen molar-refractivity contribution in [3.8, 4) is 11.3 Å². The maximum absolute atomic E-state index is 4.61. The lowest BCUT2D eigenvalue weighted by molar-refractivity contribution is 1.06. The van der Waals surface area contributed by atoms with Crippen LogP contribution < -0.4 is 20.7 Å². The van der Waals surface area contributed by atoms with Crippen LogP contribution in [0.15, 0.2) is 128 Å². The van der Waals surface area contributed by atoms with Gasteiger partial charge in [-0.1, -0.05) is 115 Å². The summed E-state index contributed by atoms with van der Waals surface area (Å²) in [6.45, 7) is 1.93. The van der Waals surface area contributed by atoms with Crippen LogP contribution in [0.1, 0.15) is 5.82 Å². The predicted octanol–water partition coefficient (Wildman–Crippen LogP) is 3.83. The highest BCUT2D eigenvalue weighted by molar-refractivity contribution is 7.19. The van der Waals surface area contributed by atoms with E-state index in [1.807, 2.05) is 19.2 Å². The molecule has 0 saturated heterocycles. The molecule has 32 heavy (non-hydrogen) atoms. The highest BCUT2D eigenvalue weighted by Crippen LogP contribution is 2.17. The minimum absolute atomic E-state index is 0.785. The van der Waals surface area contributed by atoms with Crippen molar-refractivity contribution in [3.05, 3.63) is 133 Å². The number of aryl methyl sites for hydroxylation is 1. The molecule has 4 aromatic carbocycles. The zero-order chi connectivity index (χ0) is 21.8. The second-order valence-corrected chi connectivity index (χ2v) is 11.7. The minimum atomic E-state index is -2.47. The Morgan fingerprint density at radius 3 is 1.38 bits per heavy atom. The van der Waals surface area contributed by atoms with Gasteiger partial charge >= 0.3 is 0 Å². The van der Waals surface area contributed by atoms with Gasteiger partial charge in [0.05, 0.1) is 5.69 Å². The Kier molecular flexibility index (Phi) is 5.49. The summed E-state index contributed by atoms with van der Waals surface area (Å²) in [5.41, 5.74) is 2.06. The molecule has 1 heterocycles. The Labute approximate surface area is 190 Å². The summed E-state index contributed by atoms with van der Waals surface area (Å²) in [4.78, 5) is 8.85. The van der Waals surface area contributed by atoms with Crippen LogP contribution in [-0.4, -0.2) is 18.0 Å². The lowest BCUT2D eigenvalue weighted by atomic mass is 10.1. The Hall–Kier alpha value is -3.82. The fourth-order valence-corrected chi connectivity index (χ4v) is 9.32. The van der Waals surface area contributed by atoms with Gasteiger partial charge in [-0.3, -0.25) is 0 Å². The van der Waals surface area contributed by atoms with Gasteiger partial charge in [0.2, 0.25) is 0 Å². The predicted molar refractivity (Wildman–Crippen MR) is 136 cm³/mol. The smallest absolute Gasteiger partial charge is 0.179 e. The van der Waals surface area contributed by atoms with Gasteiger partial charge in [0.15, 0.2) is 8.07 Å². The molecule has 1 aromatic heterocycles. The van der Waals surface area contributed by atoms with Crippen molar-refractivity contribution in [2.75, 3.05) is 0 Å². The maximum Gasteiger partial charge on any atom is 0.179 e. The van der Waals surface area contributed by atoms with Crippen molar-refractivity contribution in [2.24, 2.45) is 0 Å². The molecule has 5 rings (SSSR count). The van der Waals surface area contributed by atoms with Crippen molar-refractivity contribution in [1.82, 2.24) is 9.97 Å². The average Bonchev–Trinajstić information content (AvgIpc) is 2.87. The van der Waals surface area contributed by atoms with Gasteiger partial charge in [-0.15, -0.1) is 0 Å². The van der Waals surface area contributed by atoms with E-state index >= 15 is 0 Å². The number of benzene rings is 4. The highest BCUT2D eigenvalue weighted by atomic mass is 28.3. The Morgan fingerprint density at radius 2 is 0.938 bits per heavy atom. The zero-order valence-electron chi connectivity index (χ0n) is 18.0. The third-order valence-electron chi connectivity index (χ3n) is 6.01. The summed E-state index contributed by atoms with van der Waals surface area (Å²) < 4.78 is 0. The fourth-order valence-electron chi connectivity index (χ4n) is 4.57. The third kappa shape index (κ3) is 3.57. The molecule has 5 aromatic rings. The minimum Gasteiger partial charge on any atom is -0.242 e. The normalized spacial score (nSPS) is 11.3. The van der Waals surface area contributed by atoms with E-state index < -0.39 is 8.07 Å². The second kappa shape index (κ2) is 8.73. The van der Waals surface area contributed by atoms with Crippen molar-refractivity contribution in [1.29, 1.82) is 0 Å². The second-order valence-electron chi connectivity index (χ2n) is 7.91. The first kappa shape index (κ1) is 20.1.